The van der Waals surface area contributed by atoms with Crippen LogP contribution in [0.5, 0.6) is 0 Å². The van der Waals surface area contributed by atoms with Gasteiger partial charge in [-0.15, -0.1) is 0 Å². The maximum atomic E-state index is 12.8. The van der Waals surface area contributed by atoms with Crippen LogP contribution in [-0.4, -0.2) is 37.1 Å². The highest BCUT2D eigenvalue weighted by atomic mass is 16.5. The van der Waals surface area contributed by atoms with Gasteiger partial charge in [0.1, 0.15) is 0 Å². The summed E-state index contributed by atoms with van der Waals surface area (Å²) in [4.78, 5) is 15.2. The molecule has 0 aliphatic heterocycles. The van der Waals surface area contributed by atoms with Gasteiger partial charge >= 0.3 is 5.97 Å². The van der Waals surface area contributed by atoms with Crippen molar-refractivity contribution in [2.45, 2.75) is 58.3 Å². The summed E-state index contributed by atoms with van der Waals surface area (Å²) < 4.78 is 5.69. The molecular weight excluding hydrogens is 298 g/mol. The normalized spacial score (nSPS) is 17.0. The van der Waals surface area contributed by atoms with Gasteiger partial charge in [-0.2, -0.15) is 0 Å². The van der Waals surface area contributed by atoms with E-state index in [4.69, 9.17) is 4.74 Å². The monoisotopic (exact) mass is 331 g/mol. The van der Waals surface area contributed by atoms with Gasteiger partial charge in [0, 0.05) is 6.54 Å². The Hall–Kier alpha value is -1.35. The second-order valence-electron chi connectivity index (χ2n) is 6.83. The van der Waals surface area contributed by atoms with E-state index in [0.29, 0.717) is 12.5 Å². The number of esters is 1. The fourth-order valence-electron chi connectivity index (χ4n) is 3.82. The smallest absolute Gasteiger partial charge is 0.313 e. The lowest BCUT2D eigenvalue weighted by Crippen LogP contribution is -2.28. The first-order chi connectivity index (χ1) is 11.8. The first-order valence-electron chi connectivity index (χ1n) is 9.70. The SMILES string of the molecule is CCN(CC)CCCOC(=O)[C@@H](c1ccccc1)C1CCCCC1. The van der Waals surface area contributed by atoms with Crippen molar-refractivity contribution in [3.8, 4) is 0 Å². The van der Waals surface area contributed by atoms with Crippen LogP contribution in [0.1, 0.15) is 63.9 Å². The van der Waals surface area contributed by atoms with Gasteiger partial charge in [0.15, 0.2) is 0 Å². The van der Waals surface area contributed by atoms with Crippen LogP contribution in [0.25, 0.3) is 0 Å². The Balaban J connectivity index is 1.92. The average molecular weight is 332 g/mol. The Morgan fingerprint density at radius 1 is 1.12 bits per heavy atom. The van der Waals surface area contributed by atoms with Gasteiger partial charge in [0.05, 0.1) is 12.5 Å². The molecular formula is C21H33NO2. The summed E-state index contributed by atoms with van der Waals surface area (Å²) in [6.07, 6.45) is 6.99. The molecule has 3 nitrogen and oxygen atoms in total. The molecule has 0 spiro atoms. The summed E-state index contributed by atoms with van der Waals surface area (Å²) in [6, 6.07) is 10.2. The number of carbonyl (C=O) groups excluding carboxylic acids is 1. The van der Waals surface area contributed by atoms with E-state index in [1.807, 2.05) is 18.2 Å². The highest BCUT2D eigenvalue weighted by molar-refractivity contribution is 5.78. The first kappa shape index (κ1) is 19.0. The molecule has 24 heavy (non-hydrogen) atoms. The van der Waals surface area contributed by atoms with E-state index in [9.17, 15) is 4.79 Å². The second-order valence-corrected chi connectivity index (χ2v) is 6.83. The lowest BCUT2D eigenvalue weighted by atomic mass is 9.77. The topological polar surface area (TPSA) is 29.5 Å². The van der Waals surface area contributed by atoms with E-state index in [1.54, 1.807) is 0 Å². The van der Waals surface area contributed by atoms with Crippen molar-refractivity contribution < 1.29 is 9.53 Å². The van der Waals surface area contributed by atoms with Gasteiger partial charge < -0.3 is 9.64 Å². The van der Waals surface area contributed by atoms with E-state index < -0.39 is 0 Å². The van der Waals surface area contributed by atoms with Crippen molar-refractivity contribution in [2.75, 3.05) is 26.2 Å². The Morgan fingerprint density at radius 3 is 2.42 bits per heavy atom. The predicted octanol–water partition coefficient (Wildman–Crippen LogP) is 4.63. The second kappa shape index (κ2) is 10.5. The molecule has 2 rings (SSSR count). The molecule has 1 aliphatic rings. The highest BCUT2D eigenvalue weighted by Gasteiger charge is 2.32. The average Bonchev–Trinajstić information content (AvgIpc) is 2.64. The largest absolute Gasteiger partial charge is 0.465 e. The first-order valence-corrected chi connectivity index (χ1v) is 9.70. The fourth-order valence-corrected chi connectivity index (χ4v) is 3.82. The number of rotatable bonds is 9. The van der Waals surface area contributed by atoms with E-state index in [-0.39, 0.29) is 11.9 Å². The van der Waals surface area contributed by atoms with Crippen LogP contribution >= 0.6 is 0 Å². The maximum absolute atomic E-state index is 12.8. The zero-order chi connectivity index (χ0) is 17.2. The summed E-state index contributed by atoms with van der Waals surface area (Å²) >= 11 is 0. The van der Waals surface area contributed by atoms with Crippen LogP contribution in [0, 0.1) is 5.92 Å². The third-order valence-electron chi connectivity index (χ3n) is 5.29. The van der Waals surface area contributed by atoms with Crippen molar-refractivity contribution in [1.29, 1.82) is 0 Å². The van der Waals surface area contributed by atoms with Crippen LogP contribution in [0.3, 0.4) is 0 Å². The molecule has 1 atom stereocenters. The van der Waals surface area contributed by atoms with Crippen LogP contribution in [0.15, 0.2) is 30.3 Å². The molecule has 1 aliphatic carbocycles. The van der Waals surface area contributed by atoms with Crippen molar-refractivity contribution in [3.63, 3.8) is 0 Å². The Bertz CT molecular complexity index is 464. The molecule has 0 saturated heterocycles. The number of benzene rings is 1. The summed E-state index contributed by atoms with van der Waals surface area (Å²) in [5, 5.41) is 0. The molecule has 0 radical (unpaired) electrons. The highest BCUT2D eigenvalue weighted by Crippen LogP contribution is 2.36. The van der Waals surface area contributed by atoms with E-state index in [0.717, 1.165) is 44.5 Å². The van der Waals surface area contributed by atoms with Gasteiger partial charge in [-0.3, -0.25) is 4.79 Å². The van der Waals surface area contributed by atoms with Gasteiger partial charge in [-0.1, -0.05) is 63.4 Å². The Labute approximate surface area is 147 Å². The van der Waals surface area contributed by atoms with Gasteiger partial charge in [0.25, 0.3) is 0 Å². The van der Waals surface area contributed by atoms with Crippen molar-refractivity contribution in [1.82, 2.24) is 4.90 Å². The molecule has 1 fully saturated rings. The minimum Gasteiger partial charge on any atom is -0.465 e. The fraction of sp³-hybridized carbons (Fsp3) is 0.667. The minimum atomic E-state index is -0.0834. The number of hydrogen-bond acceptors (Lipinski definition) is 3. The third kappa shape index (κ3) is 5.62. The Morgan fingerprint density at radius 2 is 1.79 bits per heavy atom. The van der Waals surface area contributed by atoms with Crippen LogP contribution in [0.4, 0.5) is 0 Å². The van der Waals surface area contributed by atoms with Crippen LogP contribution in [0.2, 0.25) is 0 Å². The predicted molar refractivity (Wildman–Crippen MR) is 99.1 cm³/mol. The molecule has 3 heteroatoms. The lowest BCUT2D eigenvalue weighted by molar-refractivity contribution is -0.147. The van der Waals surface area contributed by atoms with E-state index in [1.165, 1.54) is 19.3 Å². The van der Waals surface area contributed by atoms with E-state index in [2.05, 4.69) is 30.9 Å². The molecule has 0 aromatic heterocycles. The van der Waals surface area contributed by atoms with Crippen LogP contribution in [-0.2, 0) is 9.53 Å². The molecule has 134 valence electrons. The summed E-state index contributed by atoms with van der Waals surface area (Å²) in [6.45, 7) is 7.98. The van der Waals surface area contributed by atoms with Crippen molar-refractivity contribution >= 4 is 5.97 Å². The van der Waals surface area contributed by atoms with Gasteiger partial charge in [-0.05, 0) is 43.8 Å². The number of hydrogen-bond donors (Lipinski definition) is 0. The molecule has 1 saturated carbocycles. The quantitative estimate of drug-likeness (QED) is 0.488. The summed E-state index contributed by atoms with van der Waals surface area (Å²) in [5.41, 5.74) is 1.12. The lowest BCUT2D eigenvalue weighted by Gasteiger charge is -2.29. The number of ether oxygens (including phenoxy) is 1. The number of carbonyl (C=O) groups is 1. The maximum Gasteiger partial charge on any atom is 0.313 e. The van der Waals surface area contributed by atoms with E-state index >= 15 is 0 Å². The standard InChI is InChI=1S/C21H33NO2/c1-3-22(4-2)16-11-17-24-21(23)20(18-12-7-5-8-13-18)19-14-9-6-10-15-19/h5,7-8,12-13,19-20H,3-4,6,9-11,14-17H2,1-2H3/t20-/m0/s1. The number of nitrogens with zero attached hydrogens (tertiary/aromatic N) is 1. The molecule has 1 aromatic carbocycles. The Kier molecular flexibility index (Phi) is 8.31. The molecule has 0 amide bonds. The van der Waals surface area contributed by atoms with Crippen LogP contribution < -0.4 is 0 Å². The van der Waals surface area contributed by atoms with Gasteiger partial charge in [0.2, 0.25) is 0 Å². The zero-order valence-electron chi connectivity index (χ0n) is 15.4. The van der Waals surface area contributed by atoms with Crippen molar-refractivity contribution in [3.05, 3.63) is 35.9 Å². The molecule has 0 N–H and O–H groups in total. The minimum absolute atomic E-state index is 0.0207. The summed E-state index contributed by atoms with van der Waals surface area (Å²) in [7, 11) is 0. The zero-order valence-corrected chi connectivity index (χ0v) is 15.4. The molecule has 0 heterocycles. The van der Waals surface area contributed by atoms with Gasteiger partial charge in [-0.25, -0.2) is 0 Å². The molecule has 0 unspecified atom stereocenters. The van der Waals surface area contributed by atoms with Crippen molar-refractivity contribution in [2.24, 2.45) is 5.92 Å². The molecule has 0 bridgehead atoms. The summed E-state index contributed by atoms with van der Waals surface area (Å²) in [5.74, 6) is 0.337. The third-order valence-corrected chi connectivity index (χ3v) is 5.29. The molecule has 1 aromatic rings.